The maximum Gasteiger partial charge on any atom is 0.257 e. The summed E-state index contributed by atoms with van der Waals surface area (Å²) in [7, 11) is 0. The van der Waals surface area contributed by atoms with Crippen molar-refractivity contribution in [2.24, 2.45) is 0 Å². The number of anilines is 1. The van der Waals surface area contributed by atoms with Crippen LogP contribution < -0.4 is 11.1 Å². The topological polar surface area (TPSA) is 55.1 Å². The summed E-state index contributed by atoms with van der Waals surface area (Å²) < 4.78 is 26.8. The molecule has 5 heteroatoms. The van der Waals surface area contributed by atoms with E-state index < -0.39 is 23.1 Å². The molecule has 86 valence electrons. The van der Waals surface area contributed by atoms with Crippen molar-refractivity contribution >= 4 is 11.6 Å². The van der Waals surface area contributed by atoms with Gasteiger partial charge in [0, 0.05) is 6.04 Å². The van der Waals surface area contributed by atoms with Crippen LogP contribution in [0.3, 0.4) is 0 Å². The van der Waals surface area contributed by atoms with Crippen LogP contribution >= 0.6 is 0 Å². The average molecular weight is 226 g/mol. The van der Waals surface area contributed by atoms with Crippen LogP contribution in [0.1, 0.15) is 29.6 Å². The van der Waals surface area contributed by atoms with Crippen LogP contribution in [0.15, 0.2) is 12.1 Å². The molecular formula is C11H12F2N2O. The lowest BCUT2D eigenvalue weighted by atomic mass is 9.93. The van der Waals surface area contributed by atoms with Gasteiger partial charge in [-0.15, -0.1) is 0 Å². The number of benzene rings is 1. The predicted octanol–water partition coefficient (Wildman–Crippen LogP) is 1.83. The monoisotopic (exact) mass is 226 g/mol. The van der Waals surface area contributed by atoms with E-state index in [4.69, 9.17) is 5.73 Å². The highest BCUT2D eigenvalue weighted by Gasteiger charge is 2.24. The number of hydrogen-bond acceptors (Lipinski definition) is 2. The fourth-order valence-corrected chi connectivity index (χ4v) is 1.59. The van der Waals surface area contributed by atoms with Crippen LogP contribution in [0.25, 0.3) is 0 Å². The number of carbonyl (C=O) groups excluding carboxylic acids is 1. The maximum atomic E-state index is 13.5. The first-order valence-corrected chi connectivity index (χ1v) is 5.14. The van der Waals surface area contributed by atoms with E-state index in [2.05, 4.69) is 5.32 Å². The summed E-state index contributed by atoms with van der Waals surface area (Å²) in [6.07, 6.45) is 2.75. The summed E-state index contributed by atoms with van der Waals surface area (Å²) in [6.45, 7) is 0. The number of amides is 1. The van der Waals surface area contributed by atoms with Crippen molar-refractivity contribution in [3.8, 4) is 0 Å². The molecule has 0 radical (unpaired) electrons. The van der Waals surface area contributed by atoms with E-state index in [9.17, 15) is 13.6 Å². The van der Waals surface area contributed by atoms with Gasteiger partial charge in [0.15, 0.2) is 5.82 Å². The molecule has 1 fully saturated rings. The second kappa shape index (κ2) is 4.08. The molecule has 16 heavy (non-hydrogen) atoms. The third kappa shape index (κ3) is 1.85. The Hall–Kier alpha value is -1.65. The van der Waals surface area contributed by atoms with Crippen LogP contribution in [0.5, 0.6) is 0 Å². The van der Waals surface area contributed by atoms with E-state index in [0.717, 1.165) is 31.4 Å². The number of halogens is 2. The van der Waals surface area contributed by atoms with E-state index in [1.54, 1.807) is 0 Å². The molecular weight excluding hydrogens is 214 g/mol. The Labute approximate surface area is 91.6 Å². The lowest BCUT2D eigenvalue weighted by Gasteiger charge is -2.26. The first-order chi connectivity index (χ1) is 7.59. The normalized spacial score (nSPS) is 15.6. The van der Waals surface area contributed by atoms with Gasteiger partial charge in [0.25, 0.3) is 5.91 Å². The van der Waals surface area contributed by atoms with Gasteiger partial charge in [-0.3, -0.25) is 4.79 Å². The van der Waals surface area contributed by atoms with E-state index in [-0.39, 0.29) is 11.7 Å². The van der Waals surface area contributed by atoms with Gasteiger partial charge in [-0.2, -0.15) is 0 Å². The summed E-state index contributed by atoms with van der Waals surface area (Å²) >= 11 is 0. The highest BCUT2D eigenvalue weighted by atomic mass is 19.1. The molecule has 0 unspecified atom stereocenters. The van der Waals surface area contributed by atoms with Crippen molar-refractivity contribution in [3.05, 3.63) is 29.3 Å². The quantitative estimate of drug-likeness (QED) is 0.756. The highest BCUT2D eigenvalue weighted by Crippen LogP contribution is 2.22. The summed E-state index contributed by atoms with van der Waals surface area (Å²) in [5.41, 5.74) is 4.47. The minimum Gasteiger partial charge on any atom is -0.396 e. The minimum atomic E-state index is -0.989. The van der Waals surface area contributed by atoms with E-state index in [1.165, 1.54) is 0 Å². The Kier molecular flexibility index (Phi) is 2.77. The molecule has 1 aromatic rings. The van der Waals surface area contributed by atoms with Crippen molar-refractivity contribution in [3.63, 3.8) is 0 Å². The van der Waals surface area contributed by atoms with Gasteiger partial charge in [-0.25, -0.2) is 8.78 Å². The smallest absolute Gasteiger partial charge is 0.257 e. The molecule has 0 spiro atoms. The molecule has 0 atom stereocenters. The van der Waals surface area contributed by atoms with Gasteiger partial charge in [-0.1, -0.05) is 0 Å². The molecule has 1 saturated carbocycles. The molecule has 0 bridgehead atoms. The van der Waals surface area contributed by atoms with Gasteiger partial charge in [0.2, 0.25) is 0 Å². The molecule has 2 rings (SSSR count). The molecule has 0 aromatic heterocycles. The van der Waals surface area contributed by atoms with Gasteiger partial charge in [0.05, 0.1) is 5.69 Å². The number of rotatable bonds is 2. The second-order valence-corrected chi connectivity index (χ2v) is 3.93. The molecule has 0 saturated heterocycles. The standard InChI is InChI=1S/C11H12F2N2O/c12-7-4-5-8(14)10(13)9(7)11(16)15-6-2-1-3-6/h4-6H,1-3,14H2,(H,15,16). The summed E-state index contributed by atoms with van der Waals surface area (Å²) in [5.74, 6) is -2.60. The molecule has 1 amide bonds. The van der Waals surface area contributed by atoms with Crippen molar-refractivity contribution in [1.82, 2.24) is 5.32 Å². The van der Waals surface area contributed by atoms with Gasteiger partial charge in [0.1, 0.15) is 11.4 Å². The third-order valence-corrected chi connectivity index (χ3v) is 2.79. The van der Waals surface area contributed by atoms with Crippen LogP contribution in [-0.4, -0.2) is 11.9 Å². The summed E-state index contributed by atoms with van der Waals surface area (Å²) in [6, 6.07) is 2.13. The molecule has 3 N–H and O–H groups in total. The molecule has 0 heterocycles. The largest absolute Gasteiger partial charge is 0.396 e. The van der Waals surface area contributed by atoms with Crippen molar-refractivity contribution in [2.45, 2.75) is 25.3 Å². The van der Waals surface area contributed by atoms with Crippen molar-refractivity contribution < 1.29 is 13.6 Å². The van der Waals surface area contributed by atoms with Gasteiger partial charge < -0.3 is 11.1 Å². The number of nitrogens with two attached hydrogens (primary N) is 1. The summed E-state index contributed by atoms with van der Waals surface area (Å²) in [5, 5.41) is 2.57. The Morgan fingerprint density at radius 1 is 1.38 bits per heavy atom. The Morgan fingerprint density at radius 2 is 2.06 bits per heavy atom. The molecule has 0 aliphatic heterocycles. The number of hydrogen-bond donors (Lipinski definition) is 2. The second-order valence-electron chi connectivity index (χ2n) is 3.93. The molecule has 3 nitrogen and oxygen atoms in total. The zero-order valence-electron chi connectivity index (χ0n) is 8.59. The fraction of sp³-hybridized carbons (Fsp3) is 0.364. The highest BCUT2D eigenvalue weighted by molar-refractivity contribution is 5.95. The van der Waals surface area contributed by atoms with Crippen LogP contribution in [0.2, 0.25) is 0 Å². The van der Waals surface area contributed by atoms with E-state index in [0.29, 0.717) is 0 Å². The van der Waals surface area contributed by atoms with E-state index >= 15 is 0 Å². The number of nitrogens with one attached hydrogen (secondary N) is 1. The van der Waals surface area contributed by atoms with Crippen molar-refractivity contribution in [1.29, 1.82) is 0 Å². The molecule has 1 aliphatic rings. The molecule has 1 aliphatic carbocycles. The maximum absolute atomic E-state index is 13.5. The predicted molar refractivity (Wildman–Crippen MR) is 55.9 cm³/mol. The Balaban J connectivity index is 2.24. The lowest BCUT2D eigenvalue weighted by Crippen LogP contribution is -2.40. The molecule has 1 aromatic carbocycles. The Bertz CT molecular complexity index is 430. The average Bonchev–Trinajstić information content (AvgIpc) is 2.18. The first kappa shape index (κ1) is 10.9. The number of nitrogen functional groups attached to an aromatic ring is 1. The Morgan fingerprint density at radius 3 is 2.62 bits per heavy atom. The zero-order valence-corrected chi connectivity index (χ0v) is 8.59. The lowest BCUT2D eigenvalue weighted by molar-refractivity contribution is 0.0908. The van der Waals surface area contributed by atoms with Crippen LogP contribution in [0, 0.1) is 11.6 Å². The van der Waals surface area contributed by atoms with Gasteiger partial charge in [-0.05, 0) is 31.4 Å². The fourth-order valence-electron chi connectivity index (χ4n) is 1.59. The third-order valence-electron chi connectivity index (χ3n) is 2.79. The zero-order chi connectivity index (χ0) is 11.7. The van der Waals surface area contributed by atoms with Crippen LogP contribution in [-0.2, 0) is 0 Å². The first-order valence-electron chi connectivity index (χ1n) is 5.14. The van der Waals surface area contributed by atoms with Crippen molar-refractivity contribution in [2.75, 3.05) is 5.73 Å². The van der Waals surface area contributed by atoms with Gasteiger partial charge >= 0.3 is 0 Å². The van der Waals surface area contributed by atoms with Crippen LogP contribution in [0.4, 0.5) is 14.5 Å². The summed E-state index contributed by atoms with van der Waals surface area (Å²) in [4.78, 5) is 11.6. The minimum absolute atomic E-state index is 0.0349. The SMILES string of the molecule is Nc1ccc(F)c(C(=O)NC2CCC2)c1F. The van der Waals surface area contributed by atoms with E-state index in [1.807, 2.05) is 0 Å². The number of carbonyl (C=O) groups is 1.